The van der Waals surface area contributed by atoms with Gasteiger partial charge in [0.15, 0.2) is 0 Å². The summed E-state index contributed by atoms with van der Waals surface area (Å²) in [5.41, 5.74) is 0. The van der Waals surface area contributed by atoms with Gasteiger partial charge in [0.2, 0.25) is 0 Å². The minimum atomic E-state index is -1.72. The molecular formula is C18H24Si. The zero-order valence-electron chi connectivity index (χ0n) is 12.5. The van der Waals surface area contributed by atoms with Crippen molar-refractivity contribution in [2.24, 2.45) is 0 Å². The van der Waals surface area contributed by atoms with Gasteiger partial charge in [-0.05, 0) is 5.04 Å². The summed E-state index contributed by atoms with van der Waals surface area (Å²) >= 11 is 0. The molecule has 0 spiro atoms. The van der Waals surface area contributed by atoms with Crippen molar-refractivity contribution in [1.29, 1.82) is 0 Å². The molecule has 19 heavy (non-hydrogen) atoms. The molecule has 100 valence electrons. The Bertz CT molecular complexity index is 469. The van der Waals surface area contributed by atoms with Gasteiger partial charge in [-0.2, -0.15) is 0 Å². The minimum Gasteiger partial charge on any atom is -0.0671 e. The molecule has 2 aromatic rings. The van der Waals surface area contributed by atoms with E-state index in [4.69, 9.17) is 0 Å². The molecule has 0 saturated heterocycles. The molecule has 0 atom stereocenters. The van der Waals surface area contributed by atoms with Crippen molar-refractivity contribution in [2.75, 3.05) is 0 Å². The largest absolute Gasteiger partial charge is 0.123 e. The van der Waals surface area contributed by atoms with Crippen LogP contribution in [-0.2, 0) is 0 Å². The lowest BCUT2D eigenvalue weighted by molar-refractivity contribution is 0.727. The number of rotatable bonds is 3. The van der Waals surface area contributed by atoms with Gasteiger partial charge in [0.1, 0.15) is 8.07 Å². The Morgan fingerprint density at radius 3 is 1.37 bits per heavy atom. The van der Waals surface area contributed by atoms with Crippen LogP contribution in [0.2, 0.25) is 11.1 Å². The molecule has 2 rings (SSSR count). The maximum absolute atomic E-state index is 2.41. The molecule has 0 heterocycles. The third kappa shape index (κ3) is 2.39. The van der Waals surface area contributed by atoms with Crippen molar-refractivity contribution in [3.05, 3.63) is 60.7 Å². The molecule has 0 aliphatic rings. The van der Waals surface area contributed by atoms with E-state index in [2.05, 4.69) is 88.4 Å². The first kappa shape index (κ1) is 14.1. The fraction of sp³-hybridized carbons (Fsp3) is 0.333. The van der Waals surface area contributed by atoms with Crippen LogP contribution < -0.4 is 10.4 Å². The summed E-state index contributed by atoms with van der Waals surface area (Å²) < 4.78 is 0. The maximum atomic E-state index is 2.41. The predicted octanol–water partition coefficient (Wildman–Crippen LogP) is 4.07. The number of benzene rings is 2. The molecule has 0 bridgehead atoms. The van der Waals surface area contributed by atoms with Crippen LogP contribution >= 0.6 is 0 Å². The molecule has 2 aromatic carbocycles. The van der Waals surface area contributed by atoms with Crippen LogP contribution in [0.3, 0.4) is 0 Å². The summed E-state index contributed by atoms with van der Waals surface area (Å²) in [7, 11) is -1.72. The molecule has 0 nitrogen and oxygen atoms in total. The van der Waals surface area contributed by atoms with E-state index >= 15 is 0 Å². The Morgan fingerprint density at radius 2 is 1.11 bits per heavy atom. The van der Waals surface area contributed by atoms with E-state index in [9.17, 15) is 0 Å². The second kappa shape index (κ2) is 5.34. The van der Waals surface area contributed by atoms with Gasteiger partial charge in [0.05, 0.1) is 0 Å². The molecule has 0 saturated carbocycles. The Kier molecular flexibility index (Phi) is 3.95. The van der Waals surface area contributed by atoms with Gasteiger partial charge >= 0.3 is 0 Å². The van der Waals surface area contributed by atoms with E-state index in [0.29, 0.717) is 5.04 Å². The van der Waals surface area contributed by atoms with Crippen LogP contribution in [0.4, 0.5) is 0 Å². The van der Waals surface area contributed by atoms with Crippen molar-refractivity contribution < 1.29 is 0 Å². The van der Waals surface area contributed by atoms with E-state index in [1.54, 1.807) is 10.4 Å². The van der Waals surface area contributed by atoms with Gasteiger partial charge in [-0.3, -0.25) is 0 Å². The molecule has 1 heteroatoms. The zero-order valence-corrected chi connectivity index (χ0v) is 13.5. The molecule has 0 amide bonds. The van der Waals surface area contributed by atoms with Gasteiger partial charge in [-0.25, -0.2) is 0 Å². The van der Waals surface area contributed by atoms with E-state index in [0.717, 1.165) is 0 Å². The Labute approximate surface area is 118 Å². The molecule has 0 unspecified atom stereocenters. The van der Waals surface area contributed by atoms with Gasteiger partial charge in [0, 0.05) is 0 Å². The first-order valence-corrected chi connectivity index (χ1v) is 9.34. The summed E-state index contributed by atoms with van der Waals surface area (Å²) in [6, 6.07) is 23.5. The monoisotopic (exact) mass is 268 g/mol. The van der Waals surface area contributed by atoms with Crippen molar-refractivity contribution in [3.8, 4) is 0 Å². The SMILES string of the molecule is CC[Si](c1ccccc1)(c1ccccc1)C(C)(C)C. The Morgan fingerprint density at radius 1 is 0.737 bits per heavy atom. The smallest absolute Gasteiger partial charge is 0.0671 e. The van der Waals surface area contributed by atoms with E-state index in [1.165, 1.54) is 6.04 Å². The van der Waals surface area contributed by atoms with Gasteiger partial charge in [0.25, 0.3) is 0 Å². The molecule has 0 N–H and O–H groups in total. The lowest BCUT2D eigenvalue weighted by Crippen LogP contribution is -2.63. The summed E-state index contributed by atoms with van der Waals surface area (Å²) in [5, 5.41) is 3.41. The molecular weight excluding hydrogens is 244 g/mol. The van der Waals surface area contributed by atoms with Crippen LogP contribution in [0.1, 0.15) is 27.7 Å². The van der Waals surface area contributed by atoms with Crippen LogP contribution in [0, 0.1) is 0 Å². The second-order valence-electron chi connectivity index (χ2n) is 6.24. The van der Waals surface area contributed by atoms with Gasteiger partial charge < -0.3 is 0 Å². The van der Waals surface area contributed by atoms with Crippen molar-refractivity contribution >= 4 is 18.4 Å². The minimum absolute atomic E-state index is 0.310. The van der Waals surface area contributed by atoms with E-state index in [-0.39, 0.29) is 0 Å². The Hall–Kier alpha value is -1.34. The summed E-state index contributed by atoms with van der Waals surface area (Å²) in [4.78, 5) is 0. The molecule has 0 aliphatic carbocycles. The first-order chi connectivity index (χ1) is 9.02. The van der Waals surface area contributed by atoms with Gasteiger partial charge in [-0.1, -0.05) is 105 Å². The molecule has 0 fully saturated rings. The highest BCUT2D eigenvalue weighted by molar-refractivity contribution is 7.04. The van der Waals surface area contributed by atoms with Crippen LogP contribution in [-0.4, -0.2) is 8.07 Å². The third-order valence-corrected chi connectivity index (χ3v) is 10.6. The third-order valence-electron chi connectivity index (χ3n) is 4.34. The second-order valence-corrected chi connectivity index (χ2v) is 11.4. The van der Waals surface area contributed by atoms with Crippen LogP contribution in [0.5, 0.6) is 0 Å². The zero-order chi connectivity index (χ0) is 13.9. The van der Waals surface area contributed by atoms with Gasteiger partial charge in [-0.15, -0.1) is 0 Å². The fourth-order valence-electron chi connectivity index (χ4n) is 3.42. The average Bonchev–Trinajstić information content (AvgIpc) is 2.41. The van der Waals surface area contributed by atoms with Crippen LogP contribution in [0.15, 0.2) is 60.7 Å². The summed E-state index contributed by atoms with van der Waals surface area (Å²) in [6.45, 7) is 9.58. The van der Waals surface area contributed by atoms with E-state index < -0.39 is 8.07 Å². The maximum Gasteiger partial charge on any atom is 0.123 e. The Balaban J connectivity index is 2.70. The predicted molar refractivity (Wildman–Crippen MR) is 88.1 cm³/mol. The van der Waals surface area contributed by atoms with Crippen molar-refractivity contribution in [1.82, 2.24) is 0 Å². The highest BCUT2D eigenvalue weighted by Crippen LogP contribution is 2.38. The lowest BCUT2D eigenvalue weighted by atomic mass is 10.2. The summed E-state index contributed by atoms with van der Waals surface area (Å²) in [5.74, 6) is 0. The standard InChI is InChI=1S/C18H24Si/c1-5-19(18(2,3)4,16-12-8-6-9-13-16)17-14-10-7-11-15-17/h6-15H,5H2,1-4H3. The van der Waals surface area contributed by atoms with E-state index in [1.807, 2.05) is 0 Å². The topological polar surface area (TPSA) is 0 Å². The highest BCUT2D eigenvalue weighted by Gasteiger charge is 2.45. The number of hydrogen-bond acceptors (Lipinski definition) is 0. The quantitative estimate of drug-likeness (QED) is 0.736. The first-order valence-electron chi connectivity index (χ1n) is 7.13. The molecule has 0 aromatic heterocycles. The number of hydrogen-bond donors (Lipinski definition) is 0. The molecule has 0 radical (unpaired) electrons. The lowest BCUT2D eigenvalue weighted by Gasteiger charge is -2.43. The molecule has 0 aliphatic heterocycles. The van der Waals surface area contributed by atoms with Crippen molar-refractivity contribution in [2.45, 2.75) is 38.8 Å². The van der Waals surface area contributed by atoms with Crippen molar-refractivity contribution in [3.63, 3.8) is 0 Å². The highest BCUT2D eigenvalue weighted by atomic mass is 28.3. The van der Waals surface area contributed by atoms with Crippen LogP contribution in [0.25, 0.3) is 0 Å². The average molecular weight is 268 g/mol. The fourth-order valence-corrected chi connectivity index (χ4v) is 8.88. The normalized spacial score (nSPS) is 12.4. The summed E-state index contributed by atoms with van der Waals surface area (Å²) in [6.07, 6.45) is 0.